The molecule has 1 nitrogen and oxygen atoms in total. The molecule has 2 rings (SSSR count). The van der Waals surface area contributed by atoms with E-state index in [-0.39, 0.29) is 5.78 Å². The predicted molar refractivity (Wildman–Crippen MR) is 85.4 cm³/mol. The smallest absolute Gasteiger partial charge is 0.167 e. The molecule has 0 aliphatic carbocycles. The molecule has 19 heavy (non-hydrogen) atoms. The van der Waals surface area contributed by atoms with Gasteiger partial charge in [-0.1, -0.05) is 45.7 Å². The van der Waals surface area contributed by atoms with Crippen LogP contribution in [0.4, 0.5) is 0 Å². The summed E-state index contributed by atoms with van der Waals surface area (Å²) >= 11 is 11.1. The molecule has 0 fully saturated rings. The number of hydrogen-bond donors (Lipinski definition) is 0. The number of hydrogen-bond acceptors (Lipinski definition) is 2. The van der Waals surface area contributed by atoms with Crippen LogP contribution < -0.4 is 0 Å². The number of benzene rings is 2. The molecular weight excluding hydrogens is 344 g/mol. The van der Waals surface area contributed by atoms with Crippen LogP contribution in [0.2, 0.25) is 5.02 Å². The highest BCUT2D eigenvalue weighted by molar-refractivity contribution is 9.10. The molecule has 0 saturated heterocycles. The highest BCUT2D eigenvalue weighted by Crippen LogP contribution is 2.23. The quantitative estimate of drug-likeness (QED) is 0.550. The van der Waals surface area contributed by atoms with Crippen LogP contribution in [-0.4, -0.2) is 12.0 Å². The first kappa shape index (κ1) is 14.6. The number of carbonyl (C=O) groups excluding carboxylic acids is 1. The highest BCUT2D eigenvalue weighted by atomic mass is 79.9. The topological polar surface area (TPSA) is 17.1 Å². The average molecular weight is 356 g/mol. The standard InChI is InChI=1S/C15H12BrClOS/c1-19-13-6-3-10(4-7-13)15(18)8-11-2-5-12(16)9-14(11)17/h2-7,9H,8H2,1H3. The summed E-state index contributed by atoms with van der Waals surface area (Å²) in [4.78, 5) is 13.3. The van der Waals surface area contributed by atoms with Crippen molar-refractivity contribution in [2.75, 3.05) is 6.26 Å². The van der Waals surface area contributed by atoms with Crippen molar-refractivity contribution in [2.45, 2.75) is 11.3 Å². The third-order valence-electron chi connectivity index (χ3n) is 2.78. The van der Waals surface area contributed by atoms with Crippen molar-refractivity contribution in [1.82, 2.24) is 0 Å². The Morgan fingerprint density at radius 2 is 1.89 bits per heavy atom. The van der Waals surface area contributed by atoms with Crippen molar-refractivity contribution in [3.05, 3.63) is 63.1 Å². The summed E-state index contributed by atoms with van der Waals surface area (Å²) in [5, 5.41) is 0.614. The summed E-state index contributed by atoms with van der Waals surface area (Å²) in [7, 11) is 0. The predicted octanol–water partition coefficient (Wildman–Crippen LogP) is 5.25. The minimum absolute atomic E-state index is 0.0804. The molecule has 0 spiro atoms. The minimum Gasteiger partial charge on any atom is -0.294 e. The van der Waals surface area contributed by atoms with Crippen LogP contribution in [0.5, 0.6) is 0 Å². The fourth-order valence-corrected chi connectivity index (χ4v) is 2.87. The van der Waals surface area contributed by atoms with Gasteiger partial charge in [0.25, 0.3) is 0 Å². The van der Waals surface area contributed by atoms with E-state index in [0.717, 1.165) is 20.5 Å². The molecule has 2 aromatic rings. The highest BCUT2D eigenvalue weighted by Gasteiger charge is 2.10. The Morgan fingerprint density at radius 1 is 1.21 bits per heavy atom. The average Bonchev–Trinajstić information content (AvgIpc) is 2.42. The summed E-state index contributed by atoms with van der Waals surface area (Å²) < 4.78 is 0.915. The Kier molecular flexibility index (Phi) is 5.08. The van der Waals surface area contributed by atoms with Gasteiger partial charge in [0.2, 0.25) is 0 Å². The molecular formula is C15H12BrClOS. The number of carbonyl (C=O) groups is 1. The molecule has 0 amide bonds. The summed E-state index contributed by atoms with van der Waals surface area (Å²) in [5.74, 6) is 0.0804. The van der Waals surface area contributed by atoms with Gasteiger partial charge in [-0.2, -0.15) is 0 Å². The Labute approximate surface area is 130 Å². The number of rotatable bonds is 4. The van der Waals surface area contributed by atoms with Crippen LogP contribution in [0.25, 0.3) is 0 Å². The largest absolute Gasteiger partial charge is 0.294 e. The lowest BCUT2D eigenvalue weighted by Gasteiger charge is -2.05. The second-order valence-electron chi connectivity index (χ2n) is 4.06. The zero-order valence-corrected chi connectivity index (χ0v) is 13.5. The zero-order chi connectivity index (χ0) is 13.8. The number of Topliss-reactive ketones (excluding diaryl/α,β-unsaturated/α-hetero) is 1. The molecule has 0 aliphatic heterocycles. The van der Waals surface area contributed by atoms with Gasteiger partial charge in [-0.05, 0) is 36.1 Å². The molecule has 4 heteroatoms. The van der Waals surface area contributed by atoms with E-state index in [4.69, 9.17) is 11.6 Å². The van der Waals surface area contributed by atoms with E-state index < -0.39 is 0 Å². The third-order valence-corrected chi connectivity index (χ3v) is 4.37. The van der Waals surface area contributed by atoms with Gasteiger partial charge in [0.1, 0.15) is 0 Å². The first-order valence-electron chi connectivity index (χ1n) is 5.71. The second kappa shape index (κ2) is 6.60. The Balaban J connectivity index is 2.15. The van der Waals surface area contributed by atoms with Crippen LogP contribution in [0.1, 0.15) is 15.9 Å². The van der Waals surface area contributed by atoms with Crippen LogP contribution in [0.15, 0.2) is 51.8 Å². The maximum Gasteiger partial charge on any atom is 0.167 e. The van der Waals surface area contributed by atoms with Gasteiger partial charge in [0, 0.05) is 26.4 Å². The zero-order valence-electron chi connectivity index (χ0n) is 10.3. The molecule has 2 aromatic carbocycles. The van der Waals surface area contributed by atoms with E-state index in [9.17, 15) is 4.79 Å². The Morgan fingerprint density at radius 3 is 2.47 bits per heavy atom. The monoisotopic (exact) mass is 354 g/mol. The van der Waals surface area contributed by atoms with Crippen molar-refractivity contribution in [1.29, 1.82) is 0 Å². The fourth-order valence-electron chi connectivity index (χ4n) is 1.72. The molecule has 98 valence electrons. The molecule has 0 N–H and O–H groups in total. The molecule has 0 aromatic heterocycles. The number of ketones is 1. The van der Waals surface area contributed by atoms with E-state index in [1.54, 1.807) is 17.8 Å². The summed E-state index contributed by atoms with van der Waals surface area (Å²) in [6, 6.07) is 13.2. The van der Waals surface area contributed by atoms with Crippen LogP contribution in [0, 0.1) is 0 Å². The SMILES string of the molecule is CSc1ccc(C(=O)Cc2ccc(Br)cc2Cl)cc1. The molecule has 0 saturated carbocycles. The van der Waals surface area contributed by atoms with E-state index in [1.165, 1.54) is 0 Å². The number of halogens is 2. The minimum atomic E-state index is 0.0804. The van der Waals surface area contributed by atoms with Crippen molar-refractivity contribution in [2.24, 2.45) is 0 Å². The first-order chi connectivity index (χ1) is 9.10. The Hall–Kier alpha value is -0.770. The van der Waals surface area contributed by atoms with E-state index in [0.29, 0.717) is 11.4 Å². The molecule has 0 bridgehead atoms. The molecule has 0 heterocycles. The fraction of sp³-hybridized carbons (Fsp3) is 0.133. The van der Waals surface area contributed by atoms with Gasteiger partial charge >= 0.3 is 0 Å². The molecule has 0 atom stereocenters. The van der Waals surface area contributed by atoms with E-state index in [2.05, 4.69) is 15.9 Å². The summed E-state index contributed by atoms with van der Waals surface area (Å²) in [6.45, 7) is 0. The van der Waals surface area contributed by atoms with Crippen molar-refractivity contribution in [3.8, 4) is 0 Å². The van der Waals surface area contributed by atoms with E-state index >= 15 is 0 Å². The number of thioether (sulfide) groups is 1. The summed E-state index contributed by atoms with van der Waals surface area (Å²) in [5.41, 5.74) is 1.57. The normalized spacial score (nSPS) is 10.5. The Bertz CT molecular complexity index is 596. The molecule has 0 radical (unpaired) electrons. The van der Waals surface area contributed by atoms with Crippen LogP contribution in [-0.2, 0) is 6.42 Å². The lowest BCUT2D eigenvalue weighted by atomic mass is 10.0. The van der Waals surface area contributed by atoms with Gasteiger partial charge in [0.15, 0.2) is 5.78 Å². The van der Waals surface area contributed by atoms with Gasteiger partial charge in [-0.25, -0.2) is 0 Å². The lowest BCUT2D eigenvalue weighted by molar-refractivity contribution is 0.0993. The maximum absolute atomic E-state index is 12.2. The van der Waals surface area contributed by atoms with E-state index in [1.807, 2.05) is 42.7 Å². The van der Waals surface area contributed by atoms with Gasteiger partial charge in [-0.15, -0.1) is 11.8 Å². The van der Waals surface area contributed by atoms with Crippen LogP contribution in [0.3, 0.4) is 0 Å². The maximum atomic E-state index is 12.2. The van der Waals surface area contributed by atoms with Crippen molar-refractivity contribution < 1.29 is 4.79 Å². The first-order valence-corrected chi connectivity index (χ1v) is 8.11. The second-order valence-corrected chi connectivity index (χ2v) is 6.27. The lowest BCUT2D eigenvalue weighted by Crippen LogP contribution is -2.03. The molecule has 0 unspecified atom stereocenters. The van der Waals surface area contributed by atoms with Gasteiger partial charge in [0.05, 0.1) is 0 Å². The summed E-state index contributed by atoms with van der Waals surface area (Å²) in [6.07, 6.45) is 2.34. The van der Waals surface area contributed by atoms with Crippen molar-refractivity contribution >= 4 is 45.1 Å². The van der Waals surface area contributed by atoms with Crippen LogP contribution >= 0.6 is 39.3 Å². The van der Waals surface area contributed by atoms with Crippen molar-refractivity contribution in [3.63, 3.8) is 0 Å². The van der Waals surface area contributed by atoms with Gasteiger partial charge < -0.3 is 0 Å². The molecule has 0 aliphatic rings. The third kappa shape index (κ3) is 3.85. The van der Waals surface area contributed by atoms with Gasteiger partial charge in [-0.3, -0.25) is 4.79 Å².